The van der Waals surface area contributed by atoms with Crippen LogP contribution in [-0.4, -0.2) is 28.2 Å². The van der Waals surface area contributed by atoms with Crippen LogP contribution >= 0.6 is 0 Å². The van der Waals surface area contributed by atoms with E-state index in [1.807, 2.05) is 27.7 Å². The Bertz CT molecular complexity index is 296. The fraction of sp³-hybridized carbons (Fsp3) is 1.00. The van der Waals surface area contributed by atoms with Crippen molar-refractivity contribution >= 4 is 0 Å². The fourth-order valence-corrected chi connectivity index (χ4v) is 2.07. The smallest absolute Gasteiger partial charge is 0.298 e. The minimum Gasteiger partial charge on any atom is -0.298 e. The molecule has 9 nitrogen and oxygen atoms in total. The predicted octanol–water partition coefficient (Wildman–Crippen LogP) is -0.401. The highest BCUT2D eigenvalue weighted by Gasteiger charge is 2.57. The zero-order valence-corrected chi connectivity index (χ0v) is 13.4. The van der Waals surface area contributed by atoms with E-state index in [0.717, 1.165) is 0 Å². The van der Waals surface area contributed by atoms with Gasteiger partial charge in [-0.3, -0.25) is 5.73 Å². The first-order valence-electron chi connectivity index (χ1n) is 7.01. The van der Waals surface area contributed by atoms with Gasteiger partial charge in [-0.2, -0.15) is 0 Å². The van der Waals surface area contributed by atoms with Crippen LogP contribution < -0.4 is 29.1 Å². The molecule has 0 radical (unpaired) electrons. The number of hydroxylamine groups is 2. The van der Waals surface area contributed by atoms with Crippen LogP contribution in [0.3, 0.4) is 0 Å². The molecule has 0 spiro atoms. The molecule has 0 saturated heterocycles. The summed E-state index contributed by atoms with van der Waals surface area (Å²) in [5, 5.41) is 0. The maximum atomic E-state index is 6.13. The van der Waals surface area contributed by atoms with E-state index in [1.165, 1.54) is 7.05 Å². The summed E-state index contributed by atoms with van der Waals surface area (Å²) in [6.45, 7) is 7.53. The van der Waals surface area contributed by atoms with Crippen molar-refractivity contribution in [3.8, 4) is 0 Å². The molecular formula is C11H33N7O2+2. The number of quaternary nitrogens is 2. The quantitative estimate of drug-likeness (QED) is 0.168. The van der Waals surface area contributed by atoms with E-state index in [1.54, 1.807) is 0 Å². The van der Waals surface area contributed by atoms with E-state index in [0.29, 0.717) is 25.7 Å². The number of nitrogens with two attached hydrogens (primary N) is 5. The summed E-state index contributed by atoms with van der Waals surface area (Å²) in [6.07, 6.45) is 2.00. The molecule has 0 aromatic heterocycles. The minimum atomic E-state index is -1.12. The van der Waals surface area contributed by atoms with Gasteiger partial charge in [-0.05, 0) is 22.6 Å². The Morgan fingerprint density at radius 2 is 1.20 bits per heavy atom. The van der Waals surface area contributed by atoms with Crippen molar-refractivity contribution < 1.29 is 19.4 Å². The van der Waals surface area contributed by atoms with Crippen LogP contribution in [0.4, 0.5) is 0 Å². The molecule has 0 heterocycles. The second-order valence-electron chi connectivity index (χ2n) is 5.38. The van der Waals surface area contributed by atoms with Crippen molar-refractivity contribution in [2.45, 2.75) is 64.8 Å². The Morgan fingerprint density at radius 3 is 1.45 bits per heavy atom. The largest absolute Gasteiger partial charge is 0.323 e. The summed E-state index contributed by atoms with van der Waals surface area (Å²) in [4.78, 5) is 9.81. The SMILES string of the molecule is CCC(N)(CC)O[N+](N)(N)C(CC)(CC)O[N+](C)(N)N. The van der Waals surface area contributed by atoms with Gasteiger partial charge in [0.2, 0.25) is 0 Å². The molecule has 0 atom stereocenters. The van der Waals surface area contributed by atoms with Gasteiger partial charge in [-0.15, -0.1) is 28.2 Å². The molecule has 0 saturated carbocycles. The van der Waals surface area contributed by atoms with Crippen LogP contribution in [0.25, 0.3) is 0 Å². The first kappa shape index (κ1) is 19.6. The number of nitrogens with zero attached hydrogens (tertiary/aromatic N) is 2. The van der Waals surface area contributed by atoms with Crippen molar-refractivity contribution in [2.24, 2.45) is 29.1 Å². The lowest BCUT2D eigenvalue weighted by Crippen LogP contribution is -2.80. The molecular weight excluding hydrogens is 262 g/mol. The topological polar surface area (TPSA) is 149 Å². The second-order valence-corrected chi connectivity index (χ2v) is 5.38. The molecule has 0 aliphatic rings. The Kier molecular flexibility index (Phi) is 6.48. The van der Waals surface area contributed by atoms with E-state index < -0.39 is 21.2 Å². The molecule has 0 bridgehead atoms. The maximum Gasteiger partial charge on any atom is 0.323 e. The molecule has 0 rings (SSSR count). The molecule has 0 aromatic carbocycles. The lowest BCUT2D eigenvalue weighted by Gasteiger charge is -2.44. The van der Waals surface area contributed by atoms with Crippen LogP contribution in [0.15, 0.2) is 0 Å². The van der Waals surface area contributed by atoms with Crippen LogP contribution in [0.5, 0.6) is 0 Å². The van der Waals surface area contributed by atoms with E-state index >= 15 is 0 Å². The summed E-state index contributed by atoms with van der Waals surface area (Å²) in [5.41, 5.74) is 4.06. The van der Waals surface area contributed by atoms with Crippen molar-refractivity contribution in [1.82, 2.24) is 0 Å². The zero-order valence-electron chi connectivity index (χ0n) is 13.4. The van der Waals surface area contributed by atoms with Gasteiger partial charge in [0.25, 0.3) is 0 Å². The van der Waals surface area contributed by atoms with Crippen molar-refractivity contribution in [2.75, 3.05) is 7.05 Å². The van der Waals surface area contributed by atoms with E-state index in [4.69, 9.17) is 38.8 Å². The predicted molar refractivity (Wildman–Crippen MR) is 76.2 cm³/mol. The molecule has 10 N–H and O–H groups in total. The van der Waals surface area contributed by atoms with E-state index in [2.05, 4.69) is 0 Å². The Balaban J connectivity index is 5.45. The highest BCUT2D eigenvalue weighted by atomic mass is 16.9. The van der Waals surface area contributed by atoms with Gasteiger partial charge in [0.05, 0.1) is 0 Å². The molecule has 0 aromatic rings. The summed E-state index contributed by atoms with van der Waals surface area (Å²) in [6, 6.07) is 0. The third kappa shape index (κ3) is 4.58. The third-order valence-corrected chi connectivity index (χ3v) is 3.64. The Labute approximate surface area is 121 Å². The van der Waals surface area contributed by atoms with Crippen molar-refractivity contribution in [3.63, 3.8) is 0 Å². The Hall–Kier alpha value is -0.360. The maximum absolute atomic E-state index is 6.13. The lowest BCUT2D eigenvalue weighted by atomic mass is 10.1. The molecule has 122 valence electrons. The molecule has 9 heteroatoms. The molecule has 0 aliphatic heterocycles. The van der Waals surface area contributed by atoms with E-state index in [9.17, 15) is 0 Å². The summed E-state index contributed by atoms with van der Waals surface area (Å²) in [5.74, 6) is 23.6. The standard InChI is InChI=1S/C11H33N7O2/c1-6-10(12,7-2)19-18(15,16)11(8-3,9-4)20-17(5,13)14/h6-9,12-16H2,1-5H3/q+2. The number of hydrogen-bond acceptors (Lipinski definition) is 7. The van der Waals surface area contributed by atoms with E-state index in [-0.39, 0.29) is 0 Å². The first-order valence-corrected chi connectivity index (χ1v) is 7.01. The van der Waals surface area contributed by atoms with Crippen molar-refractivity contribution in [3.05, 3.63) is 0 Å². The molecule has 20 heavy (non-hydrogen) atoms. The van der Waals surface area contributed by atoms with Gasteiger partial charge in [-0.25, -0.2) is 0 Å². The highest BCUT2D eigenvalue weighted by Crippen LogP contribution is 2.31. The summed E-state index contributed by atoms with van der Waals surface area (Å²) >= 11 is 0. The fourth-order valence-electron chi connectivity index (χ4n) is 2.07. The second kappa shape index (κ2) is 6.60. The monoisotopic (exact) mass is 295 g/mol. The van der Waals surface area contributed by atoms with Gasteiger partial charge < -0.3 is 0 Å². The minimum absolute atomic E-state index is 0.447. The van der Waals surface area contributed by atoms with Gasteiger partial charge in [0.15, 0.2) is 5.72 Å². The normalized spacial score (nSPS) is 14.7. The molecule has 0 amide bonds. The highest BCUT2D eigenvalue weighted by molar-refractivity contribution is 4.68. The zero-order chi connectivity index (χ0) is 16.2. The summed E-state index contributed by atoms with van der Waals surface area (Å²) < 4.78 is 0. The number of hydrogen-bond donors (Lipinski definition) is 5. The summed E-state index contributed by atoms with van der Waals surface area (Å²) in [7, 11) is 1.47. The van der Waals surface area contributed by atoms with Crippen molar-refractivity contribution in [1.29, 1.82) is 0 Å². The average Bonchev–Trinajstić information content (AvgIpc) is 2.33. The van der Waals surface area contributed by atoms with Crippen LogP contribution in [-0.2, 0) is 9.68 Å². The lowest BCUT2D eigenvalue weighted by molar-refractivity contribution is -1.25. The molecule has 0 aliphatic carbocycles. The van der Waals surface area contributed by atoms with Crippen LogP contribution in [0.1, 0.15) is 53.4 Å². The molecule has 0 fully saturated rings. The van der Waals surface area contributed by atoms with Gasteiger partial charge >= 0.3 is 5.72 Å². The Morgan fingerprint density at radius 1 is 0.800 bits per heavy atom. The first-order chi connectivity index (χ1) is 8.91. The molecule has 0 unspecified atom stereocenters. The van der Waals surface area contributed by atoms with Gasteiger partial charge in [0, 0.05) is 12.8 Å². The van der Waals surface area contributed by atoms with Crippen LogP contribution in [0, 0.1) is 0 Å². The van der Waals surface area contributed by atoms with Crippen LogP contribution in [0.2, 0.25) is 0 Å². The average molecular weight is 295 g/mol. The third-order valence-electron chi connectivity index (χ3n) is 3.64. The number of rotatable bonds is 9. The van der Waals surface area contributed by atoms with Gasteiger partial charge in [0.1, 0.15) is 7.05 Å². The van der Waals surface area contributed by atoms with Gasteiger partial charge in [-0.1, -0.05) is 32.5 Å².